The second kappa shape index (κ2) is 8.14. The van der Waals surface area contributed by atoms with E-state index in [1.807, 2.05) is 12.1 Å². The Hall–Kier alpha value is -1.83. The fourth-order valence-electron chi connectivity index (χ4n) is 2.61. The summed E-state index contributed by atoms with van der Waals surface area (Å²) in [7, 11) is 0. The summed E-state index contributed by atoms with van der Waals surface area (Å²) in [5, 5.41) is 7.88. The predicted molar refractivity (Wildman–Crippen MR) is 88.4 cm³/mol. The monoisotopic (exact) mass is 335 g/mol. The van der Waals surface area contributed by atoms with Gasteiger partial charge in [0.2, 0.25) is 0 Å². The van der Waals surface area contributed by atoms with Gasteiger partial charge in [0.15, 0.2) is 0 Å². The maximum Gasteiger partial charge on any atom is 0.315 e. The van der Waals surface area contributed by atoms with E-state index in [-0.39, 0.29) is 12.1 Å². The molecule has 1 aliphatic rings. The van der Waals surface area contributed by atoms with E-state index in [0.717, 1.165) is 31.9 Å². The number of ether oxygens (including phenoxy) is 1. The van der Waals surface area contributed by atoms with Gasteiger partial charge in [0.25, 0.3) is 0 Å². The molecule has 1 fully saturated rings. The number of morpholine rings is 1. The number of furan rings is 1. The van der Waals surface area contributed by atoms with Crippen LogP contribution >= 0.6 is 11.3 Å². The first kappa shape index (κ1) is 16.0. The molecule has 3 heterocycles. The average molecular weight is 335 g/mol. The van der Waals surface area contributed by atoms with Crippen LogP contribution in [-0.2, 0) is 11.3 Å². The third-order valence-electron chi connectivity index (χ3n) is 3.85. The number of amides is 2. The molecule has 2 aromatic rings. The van der Waals surface area contributed by atoms with Crippen molar-refractivity contribution in [3.8, 4) is 0 Å². The number of rotatable bonds is 6. The van der Waals surface area contributed by atoms with Gasteiger partial charge in [-0.05, 0) is 17.5 Å². The molecule has 2 aromatic heterocycles. The zero-order valence-corrected chi connectivity index (χ0v) is 13.7. The van der Waals surface area contributed by atoms with Gasteiger partial charge >= 0.3 is 6.03 Å². The minimum atomic E-state index is -0.166. The standard InChI is InChI=1S/C16H21N3O3S/c20-16(17-10-13-3-6-22-12-13)18-11-14(15-2-1-9-23-15)19-4-7-21-8-5-19/h1-3,6,9,12,14H,4-5,7-8,10-11H2,(H2,17,18,20)/t14-/m1/s1. The van der Waals surface area contributed by atoms with E-state index >= 15 is 0 Å². The molecular formula is C16H21N3O3S. The molecule has 1 aliphatic heterocycles. The highest BCUT2D eigenvalue weighted by Crippen LogP contribution is 2.25. The number of hydrogen-bond donors (Lipinski definition) is 2. The largest absolute Gasteiger partial charge is 0.472 e. The molecule has 0 unspecified atom stereocenters. The van der Waals surface area contributed by atoms with Crippen LogP contribution in [0.1, 0.15) is 16.5 Å². The van der Waals surface area contributed by atoms with Crippen molar-refractivity contribution in [2.75, 3.05) is 32.8 Å². The van der Waals surface area contributed by atoms with Gasteiger partial charge in [-0.25, -0.2) is 4.79 Å². The highest BCUT2D eigenvalue weighted by atomic mass is 32.1. The van der Waals surface area contributed by atoms with Crippen molar-refractivity contribution < 1.29 is 13.9 Å². The topological polar surface area (TPSA) is 66.7 Å². The van der Waals surface area contributed by atoms with Crippen LogP contribution in [-0.4, -0.2) is 43.8 Å². The van der Waals surface area contributed by atoms with Crippen LogP contribution in [0.3, 0.4) is 0 Å². The lowest BCUT2D eigenvalue weighted by atomic mass is 10.2. The summed E-state index contributed by atoms with van der Waals surface area (Å²) in [6.07, 6.45) is 3.22. The smallest absolute Gasteiger partial charge is 0.315 e. The minimum absolute atomic E-state index is 0.166. The van der Waals surface area contributed by atoms with Crippen molar-refractivity contribution >= 4 is 17.4 Å². The number of urea groups is 1. The Morgan fingerprint density at radius 3 is 2.87 bits per heavy atom. The Balaban J connectivity index is 1.52. The fourth-order valence-corrected chi connectivity index (χ4v) is 3.47. The number of carbonyl (C=O) groups excluding carboxylic acids is 1. The molecule has 2 amide bonds. The molecular weight excluding hydrogens is 314 g/mol. The van der Waals surface area contributed by atoms with E-state index < -0.39 is 0 Å². The maximum absolute atomic E-state index is 12.0. The first-order valence-corrected chi connectivity index (χ1v) is 8.59. The lowest BCUT2D eigenvalue weighted by Gasteiger charge is -2.34. The summed E-state index contributed by atoms with van der Waals surface area (Å²) in [6, 6.07) is 6.03. The maximum atomic E-state index is 12.0. The third-order valence-corrected chi connectivity index (χ3v) is 4.82. The first-order valence-electron chi connectivity index (χ1n) is 7.71. The highest BCUT2D eigenvalue weighted by Gasteiger charge is 2.23. The molecule has 6 nitrogen and oxygen atoms in total. The molecule has 0 saturated carbocycles. The van der Waals surface area contributed by atoms with Crippen LogP contribution in [0.15, 0.2) is 40.5 Å². The van der Waals surface area contributed by atoms with Crippen LogP contribution in [0.2, 0.25) is 0 Å². The van der Waals surface area contributed by atoms with Crippen molar-refractivity contribution in [3.05, 3.63) is 46.5 Å². The summed E-state index contributed by atoms with van der Waals surface area (Å²) in [6.45, 7) is 4.31. The summed E-state index contributed by atoms with van der Waals surface area (Å²) in [5.74, 6) is 0. The predicted octanol–water partition coefficient (Wildman–Crippen LogP) is 2.21. The molecule has 0 aliphatic carbocycles. The normalized spacial score (nSPS) is 16.9. The summed E-state index contributed by atoms with van der Waals surface area (Å²) < 4.78 is 10.4. The molecule has 23 heavy (non-hydrogen) atoms. The second-order valence-electron chi connectivity index (χ2n) is 5.37. The van der Waals surface area contributed by atoms with E-state index in [1.165, 1.54) is 4.88 Å². The molecule has 3 rings (SSSR count). The molecule has 0 bridgehead atoms. The average Bonchev–Trinajstić information content (AvgIpc) is 3.28. The summed E-state index contributed by atoms with van der Waals surface area (Å²) >= 11 is 1.72. The molecule has 0 aromatic carbocycles. The van der Waals surface area contributed by atoms with E-state index in [1.54, 1.807) is 23.9 Å². The zero-order chi connectivity index (χ0) is 15.9. The molecule has 0 spiro atoms. The second-order valence-corrected chi connectivity index (χ2v) is 6.35. The molecule has 2 N–H and O–H groups in total. The van der Waals surface area contributed by atoms with Crippen LogP contribution in [0.25, 0.3) is 0 Å². The number of carbonyl (C=O) groups is 1. The molecule has 124 valence electrons. The van der Waals surface area contributed by atoms with Gasteiger partial charge in [-0.2, -0.15) is 0 Å². The van der Waals surface area contributed by atoms with Gasteiger partial charge in [-0.1, -0.05) is 6.07 Å². The molecule has 1 atom stereocenters. The number of nitrogens with zero attached hydrogens (tertiary/aromatic N) is 1. The minimum Gasteiger partial charge on any atom is -0.472 e. The molecule has 1 saturated heterocycles. The quantitative estimate of drug-likeness (QED) is 0.849. The van der Waals surface area contributed by atoms with Gasteiger partial charge in [-0.15, -0.1) is 11.3 Å². The van der Waals surface area contributed by atoms with E-state index in [9.17, 15) is 4.79 Å². The SMILES string of the molecule is O=C(NCc1ccoc1)NC[C@H](c1cccs1)N1CCOCC1. The van der Waals surface area contributed by atoms with Crippen molar-refractivity contribution in [2.24, 2.45) is 0 Å². The highest BCUT2D eigenvalue weighted by molar-refractivity contribution is 7.10. The lowest BCUT2D eigenvalue weighted by molar-refractivity contribution is 0.0174. The van der Waals surface area contributed by atoms with Gasteiger partial charge < -0.3 is 19.8 Å². The van der Waals surface area contributed by atoms with Crippen LogP contribution in [0.5, 0.6) is 0 Å². The van der Waals surface area contributed by atoms with E-state index in [2.05, 4.69) is 27.0 Å². The lowest BCUT2D eigenvalue weighted by Crippen LogP contribution is -2.45. The van der Waals surface area contributed by atoms with Crippen LogP contribution in [0, 0.1) is 0 Å². The number of thiophene rings is 1. The zero-order valence-electron chi connectivity index (χ0n) is 12.9. The Bertz CT molecular complexity index is 580. The molecule has 0 radical (unpaired) electrons. The van der Waals surface area contributed by atoms with E-state index in [0.29, 0.717) is 13.1 Å². The van der Waals surface area contributed by atoms with Gasteiger partial charge in [0, 0.05) is 36.6 Å². The van der Waals surface area contributed by atoms with Crippen molar-refractivity contribution in [2.45, 2.75) is 12.6 Å². The van der Waals surface area contributed by atoms with Crippen molar-refractivity contribution in [1.29, 1.82) is 0 Å². The van der Waals surface area contributed by atoms with Crippen molar-refractivity contribution in [3.63, 3.8) is 0 Å². The number of nitrogens with one attached hydrogen (secondary N) is 2. The van der Waals surface area contributed by atoms with Crippen LogP contribution in [0.4, 0.5) is 4.79 Å². The van der Waals surface area contributed by atoms with Crippen molar-refractivity contribution in [1.82, 2.24) is 15.5 Å². The van der Waals surface area contributed by atoms with Gasteiger partial charge in [-0.3, -0.25) is 4.90 Å². The number of hydrogen-bond acceptors (Lipinski definition) is 5. The van der Waals surface area contributed by atoms with Gasteiger partial charge in [0.05, 0.1) is 31.8 Å². The Kier molecular flexibility index (Phi) is 5.68. The fraction of sp³-hybridized carbons (Fsp3) is 0.438. The van der Waals surface area contributed by atoms with Gasteiger partial charge in [0.1, 0.15) is 0 Å². The van der Waals surface area contributed by atoms with E-state index in [4.69, 9.17) is 9.15 Å². The Morgan fingerprint density at radius 1 is 1.30 bits per heavy atom. The molecule has 7 heteroatoms. The Morgan fingerprint density at radius 2 is 2.17 bits per heavy atom. The third kappa shape index (κ3) is 4.57. The summed E-state index contributed by atoms with van der Waals surface area (Å²) in [5.41, 5.74) is 0.947. The van der Waals surface area contributed by atoms with Crippen LogP contribution < -0.4 is 10.6 Å². The summed E-state index contributed by atoms with van der Waals surface area (Å²) in [4.78, 5) is 15.6. The Labute approximate surface area is 139 Å². The first-order chi connectivity index (χ1) is 11.3.